The number of aliphatic hydroxyl groups is 1. The van der Waals surface area contributed by atoms with Crippen molar-refractivity contribution in [2.75, 3.05) is 6.61 Å². The summed E-state index contributed by atoms with van der Waals surface area (Å²) in [7, 11) is 0. The number of benzene rings is 1. The van der Waals surface area contributed by atoms with E-state index < -0.39 is 0 Å². The van der Waals surface area contributed by atoms with Gasteiger partial charge in [0, 0.05) is 14.6 Å². The van der Waals surface area contributed by atoms with Crippen LogP contribution in [0.25, 0.3) is 0 Å². The van der Waals surface area contributed by atoms with Crippen LogP contribution in [0.15, 0.2) is 22.7 Å². The van der Waals surface area contributed by atoms with Gasteiger partial charge in [-0.3, -0.25) is 0 Å². The van der Waals surface area contributed by atoms with Gasteiger partial charge in [-0.05, 0) is 78.0 Å². The molecule has 3 rings (SSSR count). The van der Waals surface area contributed by atoms with E-state index in [1.165, 1.54) is 29.3 Å². The summed E-state index contributed by atoms with van der Waals surface area (Å²) in [6, 6.07) is 6.18. The van der Waals surface area contributed by atoms with E-state index in [1.807, 2.05) is 6.07 Å². The van der Waals surface area contributed by atoms with Crippen molar-refractivity contribution in [1.29, 1.82) is 0 Å². The SMILES string of the molecule is OC(c1cc(I)ccc1Br)C1CCOC2(CCCC2)C1. The largest absolute Gasteiger partial charge is 0.388 e. The molecule has 2 aliphatic rings. The van der Waals surface area contributed by atoms with Gasteiger partial charge in [-0.15, -0.1) is 0 Å². The lowest BCUT2D eigenvalue weighted by molar-refractivity contribution is -0.113. The quantitative estimate of drug-likeness (QED) is 0.654. The highest BCUT2D eigenvalue weighted by molar-refractivity contribution is 14.1. The molecular weight excluding hydrogens is 431 g/mol. The molecule has 0 aromatic heterocycles. The van der Waals surface area contributed by atoms with Crippen LogP contribution >= 0.6 is 38.5 Å². The van der Waals surface area contributed by atoms with Gasteiger partial charge in [0.2, 0.25) is 0 Å². The highest BCUT2D eigenvalue weighted by Gasteiger charge is 2.42. The second-order valence-electron chi connectivity index (χ2n) is 6.10. The Hall–Kier alpha value is 0.350. The third-order valence-electron chi connectivity index (χ3n) is 4.77. The van der Waals surface area contributed by atoms with Crippen molar-refractivity contribution in [3.05, 3.63) is 31.8 Å². The molecule has 1 saturated heterocycles. The minimum Gasteiger partial charge on any atom is -0.388 e. The Morgan fingerprint density at radius 1 is 1.35 bits per heavy atom. The van der Waals surface area contributed by atoms with Crippen LogP contribution in [0.1, 0.15) is 50.2 Å². The van der Waals surface area contributed by atoms with Crippen molar-refractivity contribution in [3.63, 3.8) is 0 Å². The van der Waals surface area contributed by atoms with E-state index in [4.69, 9.17) is 4.74 Å². The van der Waals surface area contributed by atoms with Crippen molar-refractivity contribution in [2.45, 2.75) is 50.2 Å². The molecule has 2 unspecified atom stereocenters. The molecule has 110 valence electrons. The standard InChI is InChI=1S/C16H20BrIO2/c17-14-4-3-12(18)9-13(14)15(19)11-5-8-20-16(10-11)6-1-2-7-16/h3-4,9,11,15,19H,1-2,5-8,10H2. The van der Waals surface area contributed by atoms with E-state index in [0.29, 0.717) is 5.92 Å². The predicted molar refractivity (Wildman–Crippen MR) is 91.7 cm³/mol. The van der Waals surface area contributed by atoms with Gasteiger partial charge >= 0.3 is 0 Å². The topological polar surface area (TPSA) is 29.5 Å². The lowest BCUT2D eigenvalue weighted by Crippen LogP contribution is -2.39. The third kappa shape index (κ3) is 3.08. The monoisotopic (exact) mass is 450 g/mol. The van der Waals surface area contributed by atoms with E-state index in [-0.39, 0.29) is 11.7 Å². The van der Waals surface area contributed by atoms with E-state index in [2.05, 4.69) is 50.7 Å². The molecule has 0 radical (unpaired) electrons. The summed E-state index contributed by atoms with van der Waals surface area (Å²) in [5.74, 6) is 0.316. The second kappa shape index (κ2) is 6.23. The fourth-order valence-electron chi connectivity index (χ4n) is 3.70. The molecule has 1 saturated carbocycles. The van der Waals surface area contributed by atoms with Crippen molar-refractivity contribution in [2.24, 2.45) is 5.92 Å². The molecule has 2 nitrogen and oxygen atoms in total. The van der Waals surface area contributed by atoms with Gasteiger partial charge in [0.25, 0.3) is 0 Å². The molecule has 1 aromatic rings. The van der Waals surface area contributed by atoms with Crippen molar-refractivity contribution >= 4 is 38.5 Å². The van der Waals surface area contributed by atoms with Crippen LogP contribution in [0.4, 0.5) is 0 Å². The van der Waals surface area contributed by atoms with Gasteiger partial charge in [0.15, 0.2) is 0 Å². The lowest BCUT2D eigenvalue weighted by atomic mass is 9.80. The zero-order valence-corrected chi connectivity index (χ0v) is 15.2. The Morgan fingerprint density at radius 2 is 2.10 bits per heavy atom. The highest BCUT2D eigenvalue weighted by atomic mass is 127. The van der Waals surface area contributed by atoms with E-state index in [9.17, 15) is 5.11 Å². The van der Waals surface area contributed by atoms with Crippen LogP contribution in [-0.2, 0) is 4.74 Å². The predicted octanol–water partition coefficient (Wildman–Crippen LogP) is 4.83. The smallest absolute Gasteiger partial charge is 0.0831 e. The normalized spacial score (nSPS) is 26.9. The minimum atomic E-state index is -0.388. The summed E-state index contributed by atoms with van der Waals surface area (Å²) in [5.41, 5.74) is 1.09. The van der Waals surface area contributed by atoms with Crippen molar-refractivity contribution in [1.82, 2.24) is 0 Å². The molecule has 1 aromatic carbocycles. The molecule has 0 amide bonds. The summed E-state index contributed by atoms with van der Waals surface area (Å²) in [5, 5.41) is 10.8. The Bertz CT molecular complexity index is 485. The number of halogens is 2. The number of ether oxygens (including phenoxy) is 1. The first-order valence-electron chi connectivity index (χ1n) is 7.37. The van der Waals surface area contributed by atoms with Crippen LogP contribution < -0.4 is 0 Å². The molecule has 1 spiro atoms. The molecule has 1 aliphatic carbocycles. The molecule has 2 atom stereocenters. The van der Waals surface area contributed by atoms with Crippen molar-refractivity contribution < 1.29 is 9.84 Å². The van der Waals surface area contributed by atoms with Crippen LogP contribution in [-0.4, -0.2) is 17.3 Å². The third-order valence-corrected chi connectivity index (χ3v) is 6.16. The van der Waals surface area contributed by atoms with Gasteiger partial charge in [0.1, 0.15) is 0 Å². The zero-order chi connectivity index (χ0) is 14.2. The molecule has 4 heteroatoms. The molecular formula is C16H20BrIO2. The summed E-state index contributed by atoms with van der Waals surface area (Å²) in [4.78, 5) is 0. The maximum Gasteiger partial charge on any atom is 0.0831 e. The first-order chi connectivity index (χ1) is 9.60. The van der Waals surface area contributed by atoms with Crippen LogP contribution in [0.2, 0.25) is 0 Å². The van der Waals surface area contributed by atoms with Gasteiger partial charge in [-0.1, -0.05) is 28.8 Å². The lowest BCUT2D eigenvalue weighted by Gasteiger charge is -2.40. The highest BCUT2D eigenvalue weighted by Crippen LogP contribution is 2.46. The Balaban J connectivity index is 1.79. The molecule has 20 heavy (non-hydrogen) atoms. The van der Waals surface area contributed by atoms with Crippen LogP contribution in [0, 0.1) is 9.49 Å². The Morgan fingerprint density at radius 3 is 2.85 bits per heavy atom. The van der Waals surface area contributed by atoms with E-state index in [1.54, 1.807) is 0 Å². The summed E-state index contributed by atoms with van der Waals surface area (Å²) in [6.45, 7) is 0.795. The Kier molecular flexibility index (Phi) is 4.75. The molecule has 1 N–H and O–H groups in total. The zero-order valence-electron chi connectivity index (χ0n) is 11.4. The van der Waals surface area contributed by atoms with E-state index in [0.717, 1.165) is 29.5 Å². The van der Waals surface area contributed by atoms with E-state index >= 15 is 0 Å². The second-order valence-corrected chi connectivity index (χ2v) is 8.20. The molecule has 2 fully saturated rings. The average molecular weight is 451 g/mol. The molecule has 0 bridgehead atoms. The van der Waals surface area contributed by atoms with Crippen LogP contribution in [0.3, 0.4) is 0 Å². The number of aliphatic hydroxyl groups excluding tert-OH is 1. The summed E-state index contributed by atoms with van der Waals surface area (Å²) < 4.78 is 8.25. The molecule has 1 aliphatic heterocycles. The van der Waals surface area contributed by atoms with Crippen molar-refractivity contribution in [3.8, 4) is 0 Å². The summed E-state index contributed by atoms with van der Waals surface area (Å²) >= 11 is 5.88. The fourth-order valence-corrected chi connectivity index (χ4v) is 4.69. The van der Waals surface area contributed by atoms with Gasteiger partial charge < -0.3 is 9.84 Å². The Labute approximate surface area is 142 Å². The summed E-state index contributed by atoms with van der Waals surface area (Å²) in [6.07, 6.45) is 6.46. The van der Waals surface area contributed by atoms with Crippen LogP contribution in [0.5, 0.6) is 0 Å². The first-order valence-corrected chi connectivity index (χ1v) is 9.24. The maximum absolute atomic E-state index is 10.8. The van der Waals surface area contributed by atoms with Gasteiger partial charge in [-0.2, -0.15) is 0 Å². The van der Waals surface area contributed by atoms with Gasteiger partial charge in [-0.25, -0.2) is 0 Å². The average Bonchev–Trinajstić information content (AvgIpc) is 2.88. The maximum atomic E-state index is 10.8. The number of hydrogen-bond donors (Lipinski definition) is 1. The van der Waals surface area contributed by atoms with Gasteiger partial charge in [0.05, 0.1) is 11.7 Å². The minimum absolute atomic E-state index is 0.0678. The number of hydrogen-bond acceptors (Lipinski definition) is 2. The fraction of sp³-hybridized carbons (Fsp3) is 0.625. The first kappa shape index (κ1) is 15.3. The molecule has 1 heterocycles. The number of rotatable bonds is 2.